The van der Waals surface area contributed by atoms with Crippen LogP contribution in [-0.2, 0) is 4.74 Å². The number of likely N-dealkylation sites (N-methyl/N-ethyl adjacent to an activating group) is 1. The van der Waals surface area contributed by atoms with Gasteiger partial charge in [0.05, 0.1) is 6.04 Å². The summed E-state index contributed by atoms with van der Waals surface area (Å²) in [4.78, 5) is 19.5. The number of hydrogen-bond donors (Lipinski definition) is 2. The summed E-state index contributed by atoms with van der Waals surface area (Å²) < 4.78 is 19.7. The molecule has 0 bridgehead atoms. The van der Waals surface area contributed by atoms with Gasteiger partial charge in [0.25, 0.3) is 0 Å². The van der Waals surface area contributed by atoms with Gasteiger partial charge in [-0.05, 0) is 51.7 Å². The Morgan fingerprint density at radius 1 is 1.42 bits per heavy atom. The molecule has 0 fully saturated rings. The molecule has 1 aliphatic rings. The number of aromatic nitrogens is 1. The minimum atomic E-state index is -0.418. The molecular weight excluding hydrogens is 415 g/mol. The van der Waals surface area contributed by atoms with Crippen LogP contribution in [0.1, 0.15) is 34.6 Å². The van der Waals surface area contributed by atoms with Crippen molar-refractivity contribution in [1.82, 2.24) is 9.88 Å². The van der Waals surface area contributed by atoms with E-state index in [1.54, 1.807) is 19.1 Å². The molecule has 2 unspecified atom stereocenters. The van der Waals surface area contributed by atoms with Gasteiger partial charge < -0.3 is 20.7 Å². The number of nitrogens with one attached hydrogen (secondary N) is 1. The zero-order valence-electron chi connectivity index (χ0n) is 18.5. The maximum absolute atomic E-state index is 13.8. The third-order valence-electron chi connectivity index (χ3n) is 5.42. The maximum Gasteiger partial charge on any atom is 0.206 e. The number of ketones is 1. The van der Waals surface area contributed by atoms with Crippen molar-refractivity contribution < 1.29 is 13.9 Å². The summed E-state index contributed by atoms with van der Waals surface area (Å²) in [6.07, 6.45) is 6.03. The van der Waals surface area contributed by atoms with Crippen LogP contribution in [0.25, 0.3) is 0 Å². The van der Waals surface area contributed by atoms with Crippen molar-refractivity contribution in [3.05, 3.63) is 64.0 Å². The van der Waals surface area contributed by atoms with E-state index in [1.165, 1.54) is 17.4 Å². The molecule has 0 aliphatic heterocycles. The Morgan fingerprint density at radius 2 is 2.16 bits per heavy atom. The predicted octanol–water partition coefficient (Wildman–Crippen LogP) is 4.24. The molecule has 3 atom stereocenters. The Balaban J connectivity index is 1.66. The molecule has 3 N–H and O–H groups in total. The number of benzene rings is 1. The number of carbonyl (C=O) groups is 1. The van der Waals surface area contributed by atoms with Crippen molar-refractivity contribution in [1.29, 1.82) is 0 Å². The van der Waals surface area contributed by atoms with Gasteiger partial charge >= 0.3 is 0 Å². The fraction of sp³-hybridized carbons (Fsp3) is 0.391. The minimum Gasteiger partial charge on any atom is -0.492 e. The van der Waals surface area contributed by atoms with Gasteiger partial charge in [0, 0.05) is 17.5 Å². The van der Waals surface area contributed by atoms with Crippen LogP contribution in [0.5, 0.6) is 0 Å². The molecule has 0 saturated heterocycles. The molecule has 1 aromatic heterocycles. The molecule has 1 heterocycles. The van der Waals surface area contributed by atoms with E-state index in [1.807, 2.05) is 26.2 Å². The van der Waals surface area contributed by atoms with E-state index in [0.29, 0.717) is 28.2 Å². The van der Waals surface area contributed by atoms with Gasteiger partial charge in [-0.2, -0.15) is 0 Å². The largest absolute Gasteiger partial charge is 0.492 e. The Labute approximate surface area is 186 Å². The summed E-state index contributed by atoms with van der Waals surface area (Å²) in [6.45, 7) is 6.46. The number of nitrogens with two attached hydrogens (primary N) is 1. The van der Waals surface area contributed by atoms with Crippen molar-refractivity contribution in [3.8, 4) is 0 Å². The predicted molar refractivity (Wildman–Crippen MR) is 124 cm³/mol. The van der Waals surface area contributed by atoms with Crippen LogP contribution >= 0.6 is 11.3 Å². The van der Waals surface area contributed by atoms with Gasteiger partial charge in [-0.15, -0.1) is 0 Å². The molecule has 0 saturated carbocycles. The first-order chi connectivity index (χ1) is 14.7. The Bertz CT molecular complexity index is 1020. The number of anilines is 2. The molecule has 2 aromatic rings. The van der Waals surface area contributed by atoms with Gasteiger partial charge in [0.1, 0.15) is 28.9 Å². The lowest BCUT2D eigenvalue weighted by atomic mass is 9.96. The number of ether oxygens (including phenoxy) is 1. The number of rotatable bonds is 8. The molecular formula is C23H29FN4O2S. The molecule has 0 spiro atoms. The second kappa shape index (κ2) is 9.62. The van der Waals surface area contributed by atoms with Crippen LogP contribution in [0.4, 0.5) is 15.3 Å². The zero-order valence-corrected chi connectivity index (χ0v) is 19.3. The van der Waals surface area contributed by atoms with Gasteiger partial charge in [0.15, 0.2) is 5.13 Å². The maximum atomic E-state index is 13.8. The first-order valence-electron chi connectivity index (χ1n) is 10.2. The smallest absolute Gasteiger partial charge is 0.206 e. The molecule has 31 heavy (non-hydrogen) atoms. The normalized spacial score (nSPS) is 19.3. The summed E-state index contributed by atoms with van der Waals surface area (Å²) in [5, 5.41) is 3.88. The molecule has 0 amide bonds. The second-order valence-electron chi connectivity index (χ2n) is 8.11. The summed E-state index contributed by atoms with van der Waals surface area (Å²) in [6, 6.07) is 4.72. The Morgan fingerprint density at radius 3 is 2.81 bits per heavy atom. The summed E-state index contributed by atoms with van der Waals surface area (Å²) in [5.41, 5.74) is 6.74. The fourth-order valence-corrected chi connectivity index (χ4v) is 3.89. The number of nitrogen functional groups attached to an aromatic ring is 1. The van der Waals surface area contributed by atoms with Crippen LogP contribution in [-0.4, -0.2) is 48.5 Å². The third-order valence-corrected chi connectivity index (χ3v) is 6.42. The van der Waals surface area contributed by atoms with E-state index < -0.39 is 5.82 Å². The molecule has 166 valence electrons. The number of carbonyl (C=O) groups excluding carboxylic acids is 1. The van der Waals surface area contributed by atoms with Crippen molar-refractivity contribution in [2.75, 3.05) is 31.8 Å². The van der Waals surface area contributed by atoms with Crippen LogP contribution in [0, 0.1) is 18.7 Å². The highest BCUT2D eigenvalue weighted by molar-refractivity contribution is 7.18. The van der Waals surface area contributed by atoms with Crippen molar-refractivity contribution in [3.63, 3.8) is 0 Å². The molecule has 8 heteroatoms. The average Bonchev–Trinajstić information content (AvgIpc) is 3.09. The zero-order chi connectivity index (χ0) is 22.7. The lowest BCUT2D eigenvalue weighted by Crippen LogP contribution is -2.30. The van der Waals surface area contributed by atoms with Gasteiger partial charge in [-0.3, -0.25) is 4.79 Å². The third kappa shape index (κ3) is 5.51. The molecule has 1 aliphatic carbocycles. The summed E-state index contributed by atoms with van der Waals surface area (Å²) in [5.74, 6) is 0.390. The Hall–Kier alpha value is -2.71. The van der Waals surface area contributed by atoms with E-state index >= 15 is 0 Å². The van der Waals surface area contributed by atoms with E-state index in [2.05, 4.69) is 35.1 Å². The summed E-state index contributed by atoms with van der Waals surface area (Å²) in [7, 11) is 4.05. The lowest BCUT2D eigenvalue weighted by molar-refractivity contribution is 0.104. The topological polar surface area (TPSA) is 80.5 Å². The molecule has 3 rings (SSSR count). The van der Waals surface area contributed by atoms with E-state index in [9.17, 15) is 9.18 Å². The Kier molecular flexibility index (Phi) is 7.12. The van der Waals surface area contributed by atoms with Crippen LogP contribution in [0.2, 0.25) is 0 Å². The van der Waals surface area contributed by atoms with Gasteiger partial charge in [-0.1, -0.05) is 36.5 Å². The number of thiazole rings is 1. The van der Waals surface area contributed by atoms with Crippen molar-refractivity contribution in [2.45, 2.75) is 32.9 Å². The van der Waals surface area contributed by atoms with Crippen LogP contribution in [0.15, 0.2) is 42.2 Å². The number of halogens is 1. The standard InChI is InChI=1S/C23H29FN4O2S/c1-13-6-7-16(11-18(13)24)20(29)21-22(25)27-23(31-21)26-19-9-8-17(10-14(19)2)30-12-15(3)28(4)5/h6-11,14-15,19H,12,25H2,1-5H3,(H,26,27)/t14?,15-,19?/m1/s1. The van der Waals surface area contributed by atoms with E-state index in [-0.39, 0.29) is 29.1 Å². The summed E-state index contributed by atoms with van der Waals surface area (Å²) >= 11 is 1.18. The van der Waals surface area contributed by atoms with Crippen LogP contribution in [0.3, 0.4) is 0 Å². The lowest BCUT2D eigenvalue weighted by Gasteiger charge is -2.25. The highest BCUT2D eigenvalue weighted by Crippen LogP contribution is 2.30. The van der Waals surface area contributed by atoms with Gasteiger partial charge in [0.2, 0.25) is 5.78 Å². The number of aryl methyl sites for hydroxylation is 1. The van der Waals surface area contributed by atoms with Crippen molar-refractivity contribution >= 4 is 28.1 Å². The number of allylic oxidation sites excluding steroid dienone is 1. The fourth-order valence-electron chi connectivity index (χ4n) is 3.00. The first-order valence-corrected chi connectivity index (χ1v) is 11.0. The van der Waals surface area contributed by atoms with Crippen LogP contribution < -0.4 is 11.1 Å². The monoisotopic (exact) mass is 444 g/mol. The van der Waals surface area contributed by atoms with E-state index in [4.69, 9.17) is 10.5 Å². The highest BCUT2D eigenvalue weighted by atomic mass is 32.1. The minimum absolute atomic E-state index is 0.0102. The number of nitrogens with zero attached hydrogens (tertiary/aromatic N) is 2. The van der Waals surface area contributed by atoms with Crippen molar-refractivity contribution in [2.24, 2.45) is 5.92 Å². The SMILES string of the molecule is Cc1ccc(C(=O)c2sc(NC3C=CC(OC[C@@H](C)N(C)C)=CC3C)nc2N)cc1F. The highest BCUT2D eigenvalue weighted by Gasteiger charge is 2.23. The van der Waals surface area contributed by atoms with Gasteiger partial charge in [-0.25, -0.2) is 9.37 Å². The second-order valence-corrected chi connectivity index (χ2v) is 9.11. The average molecular weight is 445 g/mol. The molecule has 0 radical (unpaired) electrons. The molecule has 1 aromatic carbocycles. The first kappa shape index (κ1) is 23.0. The quantitative estimate of drug-likeness (QED) is 0.593. The molecule has 6 nitrogen and oxygen atoms in total. The van der Waals surface area contributed by atoms with E-state index in [0.717, 1.165) is 5.76 Å². The number of hydrogen-bond acceptors (Lipinski definition) is 7.